The van der Waals surface area contributed by atoms with Crippen molar-refractivity contribution in [3.63, 3.8) is 0 Å². The van der Waals surface area contributed by atoms with Gasteiger partial charge in [0, 0.05) is 13.0 Å². The van der Waals surface area contributed by atoms with Crippen LogP contribution in [0.2, 0.25) is 0 Å². The van der Waals surface area contributed by atoms with Crippen molar-refractivity contribution in [3.05, 3.63) is 29.3 Å². The fourth-order valence-corrected chi connectivity index (χ4v) is 1.98. The third-order valence-corrected chi connectivity index (χ3v) is 3.07. The number of nitrogens with zero attached hydrogens (tertiary/aromatic N) is 1. The summed E-state index contributed by atoms with van der Waals surface area (Å²) in [7, 11) is 3.79. The van der Waals surface area contributed by atoms with Gasteiger partial charge < -0.3 is 14.7 Å². The molecule has 0 atom stereocenters. The minimum absolute atomic E-state index is 0.0920. The highest BCUT2D eigenvalue weighted by molar-refractivity contribution is 5.48. The second kappa shape index (κ2) is 9.41. The molecule has 0 radical (unpaired) electrons. The Hall–Kier alpha value is -1.50. The van der Waals surface area contributed by atoms with Gasteiger partial charge in [-0.1, -0.05) is 31.3 Å². The molecule has 0 fully saturated rings. The number of aliphatic hydroxyl groups is 1. The Labute approximate surface area is 122 Å². The standard InChI is InChI=1S/C17H25NO2/c1-4-5-11-18(2)14-15-9-10-17(20-3)16(13-15)8-6-7-12-19/h9-10,13,19H,4-5,7,11-12,14H2,1-3H3. The zero-order valence-corrected chi connectivity index (χ0v) is 12.8. The first-order valence-electron chi connectivity index (χ1n) is 7.16. The average Bonchev–Trinajstić information content (AvgIpc) is 2.46. The molecule has 110 valence electrons. The molecule has 0 unspecified atom stereocenters. The number of benzene rings is 1. The quantitative estimate of drug-likeness (QED) is 0.777. The fourth-order valence-electron chi connectivity index (χ4n) is 1.98. The van der Waals surface area contributed by atoms with E-state index in [1.807, 2.05) is 6.07 Å². The van der Waals surface area contributed by atoms with Gasteiger partial charge in [-0.15, -0.1) is 0 Å². The molecule has 1 N–H and O–H groups in total. The maximum Gasteiger partial charge on any atom is 0.134 e. The predicted molar refractivity (Wildman–Crippen MR) is 82.8 cm³/mol. The first-order chi connectivity index (χ1) is 9.71. The van der Waals surface area contributed by atoms with Gasteiger partial charge in [-0.05, 0) is 37.7 Å². The predicted octanol–water partition coefficient (Wildman–Crippen LogP) is 2.66. The van der Waals surface area contributed by atoms with Crippen LogP contribution < -0.4 is 4.74 Å². The lowest BCUT2D eigenvalue weighted by atomic mass is 10.1. The Balaban J connectivity index is 2.79. The molecule has 0 amide bonds. The molecule has 0 saturated heterocycles. The summed E-state index contributed by atoms with van der Waals surface area (Å²) in [4.78, 5) is 2.32. The molecule has 0 aliphatic rings. The number of aliphatic hydroxyl groups excluding tert-OH is 1. The Morgan fingerprint density at radius 3 is 2.80 bits per heavy atom. The minimum atomic E-state index is 0.0920. The number of ether oxygens (including phenoxy) is 1. The van der Waals surface area contributed by atoms with Crippen molar-refractivity contribution in [2.75, 3.05) is 27.3 Å². The van der Waals surface area contributed by atoms with E-state index in [9.17, 15) is 0 Å². The van der Waals surface area contributed by atoms with Gasteiger partial charge in [0.25, 0.3) is 0 Å². The number of methoxy groups -OCH3 is 1. The second-order valence-corrected chi connectivity index (χ2v) is 4.90. The molecule has 0 saturated carbocycles. The van der Waals surface area contributed by atoms with Crippen LogP contribution in [0.4, 0.5) is 0 Å². The molecule has 0 spiro atoms. The number of unbranched alkanes of at least 4 members (excludes halogenated alkanes) is 1. The third-order valence-electron chi connectivity index (χ3n) is 3.07. The van der Waals surface area contributed by atoms with Crippen LogP contribution >= 0.6 is 0 Å². The van der Waals surface area contributed by atoms with Gasteiger partial charge in [-0.2, -0.15) is 0 Å². The van der Waals surface area contributed by atoms with Crippen LogP contribution in [0.1, 0.15) is 37.3 Å². The van der Waals surface area contributed by atoms with Crippen LogP contribution in [-0.2, 0) is 6.54 Å². The van der Waals surface area contributed by atoms with Crippen LogP contribution in [0.3, 0.4) is 0 Å². The van der Waals surface area contributed by atoms with Crippen LogP contribution in [-0.4, -0.2) is 37.3 Å². The minimum Gasteiger partial charge on any atom is -0.495 e. The van der Waals surface area contributed by atoms with Crippen molar-refractivity contribution in [1.82, 2.24) is 4.90 Å². The van der Waals surface area contributed by atoms with E-state index in [4.69, 9.17) is 9.84 Å². The molecule has 1 aromatic rings. The van der Waals surface area contributed by atoms with Gasteiger partial charge in [0.15, 0.2) is 0 Å². The highest BCUT2D eigenvalue weighted by Gasteiger charge is 2.04. The Bertz CT molecular complexity index is 460. The molecule has 0 aliphatic heterocycles. The van der Waals surface area contributed by atoms with Gasteiger partial charge in [-0.25, -0.2) is 0 Å². The van der Waals surface area contributed by atoms with Gasteiger partial charge >= 0.3 is 0 Å². The van der Waals surface area contributed by atoms with Crippen molar-refractivity contribution >= 4 is 0 Å². The molecular weight excluding hydrogens is 250 g/mol. The van der Waals surface area contributed by atoms with Crippen LogP contribution in [0.15, 0.2) is 18.2 Å². The van der Waals surface area contributed by atoms with E-state index in [0.717, 1.165) is 24.4 Å². The highest BCUT2D eigenvalue weighted by atomic mass is 16.5. The Morgan fingerprint density at radius 2 is 2.15 bits per heavy atom. The molecule has 3 nitrogen and oxygen atoms in total. The Morgan fingerprint density at radius 1 is 1.35 bits per heavy atom. The van der Waals surface area contributed by atoms with Crippen molar-refractivity contribution in [2.24, 2.45) is 0 Å². The topological polar surface area (TPSA) is 32.7 Å². The maximum absolute atomic E-state index is 8.79. The van der Waals surface area contributed by atoms with Gasteiger partial charge in [0.1, 0.15) is 5.75 Å². The SMILES string of the molecule is CCCCN(C)Cc1ccc(OC)c(C#CCCO)c1. The van der Waals surface area contributed by atoms with Crippen LogP contribution in [0.5, 0.6) is 5.75 Å². The fraction of sp³-hybridized carbons (Fsp3) is 0.529. The molecule has 3 heteroatoms. The lowest BCUT2D eigenvalue weighted by molar-refractivity contribution is 0.305. The highest BCUT2D eigenvalue weighted by Crippen LogP contribution is 2.19. The number of rotatable bonds is 7. The first kappa shape index (κ1) is 16.6. The summed E-state index contributed by atoms with van der Waals surface area (Å²) in [5, 5.41) is 8.79. The van der Waals surface area contributed by atoms with E-state index in [2.05, 4.69) is 42.8 Å². The van der Waals surface area contributed by atoms with Crippen molar-refractivity contribution in [3.8, 4) is 17.6 Å². The second-order valence-electron chi connectivity index (χ2n) is 4.90. The molecule has 0 bridgehead atoms. The third kappa shape index (κ3) is 5.64. The summed E-state index contributed by atoms with van der Waals surface area (Å²) in [6.07, 6.45) is 2.92. The summed E-state index contributed by atoms with van der Waals surface area (Å²) in [6.45, 7) is 4.32. The summed E-state index contributed by atoms with van der Waals surface area (Å²) in [5.74, 6) is 6.80. The monoisotopic (exact) mass is 275 g/mol. The van der Waals surface area contributed by atoms with E-state index in [1.165, 1.54) is 18.4 Å². The largest absolute Gasteiger partial charge is 0.495 e. The molecular formula is C17H25NO2. The van der Waals surface area contributed by atoms with E-state index in [0.29, 0.717) is 6.42 Å². The average molecular weight is 275 g/mol. The molecule has 20 heavy (non-hydrogen) atoms. The summed E-state index contributed by atoms with van der Waals surface area (Å²) < 4.78 is 5.32. The van der Waals surface area contributed by atoms with Crippen molar-refractivity contribution in [2.45, 2.75) is 32.7 Å². The van der Waals surface area contributed by atoms with Crippen molar-refractivity contribution < 1.29 is 9.84 Å². The lowest BCUT2D eigenvalue weighted by Crippen LogP contribution is -2.18. The first-order valence-corrected chi connectivity index (χ1v) is 7.16. The number of hydrogen-bond donors (Lipinski definition) is 1. The van der Waals surface area contributed by atoms with Crippen LogP contribution in [0, 0.1) is 11.8 Å². The van der Waals surface area contributed by atoms with Gasteiger partial charge in [0.2, 0.25) is 0 Å². The molecule has 1 aromatic carbocycles. The smallest absolute Gasteiger partial charge is 0.134 e. The van der Waals surface area contributed by atoms with E-state index < -0.39 is 0 Å². The zero-order valence-electron chi connectivity index (χ0n) is 12.8. The van der Waals surface area contributed by atoms with E-state index in [1.54, 1.807) is 7.11 Å². The van der Waals surface area contributed by atoms with Crippen molar-refractivity contribution in [1.29, 1.82) is 0 Å². The lowest BCUT2D eigenvalue weighted by Gasteiger charge is -2.16. The van der Waals surface area contributed by atoms with E-state index >= 15 is 0 Å². The van der Waals surface area contributed by atoms with Crippen LogP contribution in [0.25, 0.3) is 0 Å². The summed E-state index contributed by atoms with van der Waals surface area (Å²) in [5.41, 5.74) is 2.13. The Kier molecular flexibility index (Phi) is 7.79. The van der Waals surface area contributed by atoms with Gasteiger partial charge in [0.05, 0.1) is 19.3 Å². The van der Waals surface area contributed by atoms with E-state index in [-0.39, 0.29) is 6.61 Å². The molecule has 0 aromatic heterocycles. The molecule has 1 rings (SSSR count). The number of hydrogen-bond acceptors (Lipinski definition) is 3. The zero-order chi connectivity index (χ0) is 14.8. The molecule has 0 heterocycles. The summed E-state index contributed by atoms with van der Waals surface area (Å²) in [6, 6.07) is 6.12. The van der Waals surface area contributed by atoms with Gasteiger partial charge in [-0.3, -0.25) is 0 Å². The molecule has 0 aliphatic carbocycles. The normalized spacial score (nSPS) is 10.2. The maximum atomic E-state index is 8.79. The summed E-state index contributed by atoms with van der Waals surface area (Å²) >= 11 is 0.